The van der Waals surface area contributed by atoms with Crippen LogP contribution in [0.15, 0.2) is 24.3 Å². The van der Waals surface area contributed by atoms with Crippen LogP contribution in [0.2, 0.25) is 0 Å². The highest BCUT2D eigenvalue weighted by molar-refractivity contribution is 5.25. The van der Waals surface area contributed by atoms with E-state index in [0.29, 0.717) is 6.10 Å². The van der Waals surface area contributed by atoms with Gasteiger partial charge in [0, 0.05) is 12.6 Å². The van der Waals surface area contributed by atoms with Crippen molar-refractivity contribution in [3.8, 4) is 0 Å². The van der Waals surface area contributed by atoms with Gasteiger partial charge in [-0.25, -0.2) is 0 Å². The zero-order chi connectivity index (χ0) is 14.4. The number of ether oxygens (including phenoxy) is 1. The summed E-state index contributed by atoms with van der Waals surface area (Å²) in [5.41, 5.74) is 9.05. The molecule has 1 atom stereocenters. The van der Waals surface area contributed by atoms with Gasteiger partial charge in [-0.05, 0) is 56.1 Å². The first kappa shape index (κ1) is 15.5. The summed E-state index contributed by atoms with van der Waals surface area (Å²) in [4.78, 5) is 0. The number of rotatable bonds is 8. The maximum atomic E-state index is 6.33. The van der Waals surface area contributed by atoms with E-state index in [1.807, 2.05) is 0 Å². The predicted octanol–water partition coefficient (Wildman–Crippen LogP) is 4.23. The fraction of sp³-hybridized carbons (Fsp3) is 0.667. The maximum absolute atomic E-state index is 6.33. The SMILES string of the molecule is CCCCc1ccc(C(N)CC2CC(OCC)C2)cc1. The van der Waals surface area contributed by atoms with Gasteiger partial charge in [-0.3, -0.25) is 0 Å². The van der Waals surface area contributed by atoms with Crippen molar-refractivity contribution >= 4 is 0 Å². The Morgan fingerprint density at radius 1 is 1.20 bits per heavy atom. The Balaban J connectivity index is 1.76. The van der Waals surface area contributed by atoms with Gasteiger partial charge < -0.3 is 10.5 Å². The molecule has 1 aliphatic carbocycles. The largest absolute Gasteiger partial charge is 0.378 e. The number of hydrogen-bond acceptors (Lipinski definition) is 2. The Morgan fingerprint density at radius 3 is 2.50 bits per heavy atom. The molecule has 2 N–H and O–H groups in total. The molecule has 0 bridgehead atoms. The van der Waals surface area contributed by atoms with Crippen molar-refractivity contribution in [3.05, 3.63) is 35.4 Å². The lowest BCUT2D eigenvalue weighted by Crippen LogP contribution is -2.33. The molecular formula is C18H29NO. The molecule has 2 heteroatoms. The van der Waals surface area contributed by atoms with E-state index in [4.69, 9.17) is 10.5 Å². The van der Waals surface area contributed by atoms with Crippen LogP contribution in [-0.2, 0) is 11.2 Å². The molecule has 1 saturated carbocycles. The van der Waals surface area contributed by atoms with Crippen molar-refractivity contribution in [2.24, 2.45) is 11.7 Å². The van der Waals surface area contributed by atoms with E-state index < -0.39 is 0 Å². The summed E-state index contributed by atoms with van der Waals surface area (Å²) in [5, 5.41) is 0. The van der Waals surface area contributed by atoms with Crippen LogP contribution < -0.4 is 5.73 Å². The third-order valence-corrected chi connectivity index (χ3v) is 4.41. The van der Waals surface area contributed by atoms with E-state index in [2.05, 4.69) is 38.1 Å². The Labute approximate surface area is 123 Å². The van der Waals surface area contributed by atoms with Gasteiger partial charge in [-0.1, -0.05) is 37.6 Å². The van der Waals surface area contributed by atoms with Crippen LogP contribution >= 0.6 is 0 Å². The van der Waals surface area contributed by atoms with E-state index >= 15 is 0 Å². The van der Waals surface area contributed by atoms with Gasteiger partial charge in [-0.15, -0.1) is 0 Å². The van der Waals surface area contributed by atoms with Crippen LogP contribution in [0.4, 0.5) is 0 Å². The molecule has 0 heterocycles. The molecule has 1 aromatic rings. The van der Waals surface area contributed by atoms with Crippen LogP contribution in [0.5, 0.6) is 0 Å². The highest BCUT2D eigenvalue weighted by atomic mass is 16.5. The monoisotopic (exact) mass is 275 g/mol. The first-order valence-corrected chi connectivity index (χ1v) is 8.19. The quantitative estimate of drug-likeness (QED) is 0.770. The van der Waals surface area contributed by atoms with E-state index in [1.54, 1.807) is 0 Å². The second kappa shape index (κ2) is 7.80. The molecule has 0 aliphatic heterocycles. The lowest BCUT2D eigenvalue weighted by Gasteiger charge is -2.36. The Kier molecular flexibility index (Phi) is 6.06. The molecule has 0 aromatic heterocycles. The summed E-state index contributed by atoms with van der Waals surface area (Å²) in [6.07, 6.45) is 7.68. The molecule has 2 nitrogen and oxygen atoms in total. The van der Waals surface area contributed by atoms with Gasteiger partial charge in [-0.2, -0.15) is 0 Å². The molecule has 0 saturated heterocycles. The average Bonchev–Trinajstić information content (AvgIpc) is 2.43. The highest BCUT2D eigenvalue weighted by Crippen LogP contribution is 2.36. The molecule has 1 aromatic carbocycles. The van der Waals surface area contributed by atoms with Crippen LogP contribution in [0.25, 0.3) is 0 Å². The van der Waals surface area contributed by atoms with Crippen molar-refractivity contribution < 1.29 is 4.74 Å². The fourth-order valence-electron chi connectivity index (χ4n) is 3.05. The molecule has 0 spiro atoms. The number of benzene rings is 1. The van der Waals surface area contributed by atoms with E-state index in [-0.39, 0.29) is 6.04 Å². The van der Waals surface area contributed by atoms with Crippen molar-refractivity contribution in [3.63, 3.8) is 0 Å². The highest BCUT2D eigenvalue weighted by Gasteiger charge is 2.30. The Bertz CT molecular complexity index is 381. The Morgan fingerprint density at radius 2 is 1.90 bits per heavy atom. The zero-order valence-corrected chi connectivity index (χ0v) is 13.0. The van der Waals surface area contributed by atoms with Crippen LogP contribution in [-0.4, -0.2) is 12.7 Å². The minimum Gasteiger partial charge on any atom is -0.378 e. The number of hydrogen-bond donors (Lipinski definition) is 1. The summed E-state index contributed by atoms with van der Waals surface area (Å²) in [6, 6.07) is 9.11. The van der Waals surface area contributed by atoms with Gasteiger partial charge >= 0.3 is 0 Å². The number of unbranched alkanes of at least 4 members (excludes halogenated alkanes) is 1. The van der Waals surface area contributed by atoms with Gasteiger partial charge in [0.05, 0.1) is 6.10 Å². The maximum Gasteiger partial charge on any atom is 0.0580 e. The molecule has 112 valence electrons. The number of nitrogens with two attached hydrogens (primary N) is 1. The lowest BCUT2D eigenvalue weighted by atomic mass is 9.77. The lowest BCUT2D eigenvalue weighted by molar-refractivity contribution is -0.0282. The molecule has 1 aliphatic rings. The van der Waals surface area contributed by atoms with Crippen LogP contribution in [0.3, 0.4) is 0 Å². The van der Waals surface area contributed by atoms with Crippen molar-refractivity contribution in [2.75, 3.05) is 6.61 Å². The molecule has 0 amide bonds. The van der Waals surface area contributed by atoms with Gasteiger partial charge in [0.25, 0.3) is 0 Å². The first-order chi connectivity index (χ1) is 9.72. The summed E-state index contributed by atoms with van der Waals surface area (Å²) in [6.45, 7) is 5.14. The van der Waals surface area contributed by atoms with E-state index in [9.17, 15) is 0 Å². The molecule has 0 radical (unpaired) electrons. The summed E-state index contributed by atoms with van der Waals surface area (Å²) < 4.78 is 5.61. The second-order valence-electron chi connectivity index (χ2n) is 6.10. The van der Waals surface area contributed by atoms with E-state index in [0.717, 1.165) is 18.9 Å². The first-order valence-electron chi connectivity index (χ1n) is 8.19. The molecule has 1 fully saturated rings. The molecule has 1 unspecified atom stereocenters. The summed E-state index contributed by atoms with van der Waals surface area (Å²) in [7, 11) is 0. The molecule has 20 heavy (non-hydrogen) atoms. The average molecular weight is 275 g/mol. The van der Waals surface area contributed by atoms with Gasteiger partial charge in [0.15, 0.2) is 0 Å². The minimum absolute atomic E-state index is 0.183. The van der Waals surface area contributed by atoms with Crippen molar-refractivity contribution in [1.29, 1.82) is 0 Å². The predicted molar refractivity (Wildman–Crippen MR) is 84.7 cm³/mol. The third kappa shape index (κ3) is 4.32. The smallest absolute Gasteiger partial charge is 0.0580 e. The minimum atomic E-state index is 0.183. The van der Waals surface area contributed by atoms with Crippen molar-refractivity contribution in [2.45, 2.75) is 64.5 Å². The van der Waals surface area contributed by atoms with E-state index in [1.165, 1.54) is 43.2 Å². The van der Waals surface area contributed by atoms with Gasteiger partial charge in [0.2, 0.25) is 0 Å². The normalized spacial score (nSPS) is 23.4. The summed E-state index contributed by atoms with van der Waals surface area (Å²) >= 11 is 0. The van der Waals surface area contributed by atoms with Crippen molar-refractivity contribution in [1.82, 2.24) is 0 Å². The number of aryl methyl sites for hydroxylation is 1. The topological polar surface area (TPSA) is 35.2 Å². The zero-order valence-electron chi connectivity index (χ0n) is 13.0. The van der Waals surface area contributed by atoms with Crippen LogP contribution in [0, 0.1) is 5.92 Å². The Hall–Kier alpha value is -0.860. The fourth-order valence-corrected chi connectivity index (χ4v) is 3.05. The van der Waals surface area contributed by atoms with Gasteiger partial charge in [0.1, 0.15) is 0 Å². The van der Waals surface area contributed by atoms with Crippen LogP contribution in [0.1, 0.15) is 63.1 Å². The standard InChI is InChI=1S/C18H29NO/c1-3-5-6-14-7-9-16(10-8-14)18(19)13-15-11-17(12-15)20-4-2/h7-10,15,17-18H,3-6,11-13,19H2,1-2H3. The molecular weight excluding hydrogens is 246 g/mol. The summed E-state index contributed by atoms with van der Waals surface area (Å²) in [5.74, 6) is 0.751. The second-order valence-corrected chi connectivity index (χ2v) is 6.10. The third-order valence-electron chi connectivity index (χ3n) is 4.41. The molecule has 2 rings (SSSR count).